The molecule has 1 aromatic carbocycles. The number of aliphatic carboxylic acids is 1. The van der Waals surface area contributed by atoms with E-state index >= 15 is 0 Å². The van der Waals surface area contributed by atoms with E-state index in [1.54, 1.807) is 6.07 Å². The molecule has 0 atom stereocenters. The number of hydrogen-bond donors (Lipinski definition) is 1. The molecule has 0 fully saturated rings. The number of rotatable bonds is 3. The number of carboxylic acid groups (broad SMARTS) is 1. The second kappa shape index (κ2) is 5.10. The maximum atomic E-state index is 13.0. The molecule has 6 heteroatoms. The predicted octanol–water partition coefficient (Wildman–Crippen LogP) is 2.56. The van der Waals surface area contributed by atoms with Crippen molar-refractivity contribution in [2.45, 2.75) is 6.42 Å². The predicted molar refractivity (Wildman–Crippen MR) is 63.8 cm³/mol. The van der Waals surface area contributed by atoms with Crippen LogP contribution in [0.15, 0.2) is 30.5 Å². The van der Waals surface area contributed by atoms with Gasteiger partial charge in [0.15, 0.2) is 0 Å². The van der Waals surface area contributed by atoms with Crippen molar-refractivity contribution in [1.82, 2.24) is 9.97 Å². The normalized spacial score (nSPS) is 10.3. The molecule has 1 N–H and O–H groups in total. The zero-order valence-corrected chi connectivity index (χ0v) is 9.86. The summed E-state index contributed by atoms with van der Waals surface area (Å²) in [5.74, 6) is -1.33. The van der Waals surface area contributed by atoms with Crippen LogP contribution in [-0.4, -0.2) is 21.0 Å². The van der Waals surface area contributed by atoms with Gasteiger partial charge in [-0.2, -0.15) is 0 Å². The lowest BCUT2D eigenvalue weighted by atomic mass is 10.1. The van der Waals surface area contributed by atoms with Gasteiger partial charge in [0.25, 0.3) is 0 Å². The molecule has 0 aliphatic heterocycles. The quantitative estimate of drug-likeness (QED) is 0.927. The topological polar surface area (TPSA) is 63.1 Å². The number of aromatic nitrogens is 2. The van der Waals surface area contributed by atoms with E-state index in [1.165, 1.54) is 24.4 Å². The highest BCUT2D eigenvalue weighted by Gasteiger charge is 2.08. The lowest BCUT2D eigenvalue weighted by Crippen LogP contribution is -2.05. The Hall–Kier alpha value is -2.01. The maximum absolute atomic E-state index is 13.0. The summed E-state index contributed by atoms with van der Waals surface area (Å²) in [6, 6.07) is 5.80. The molecule has 1 heterocycles. The van der Waals surface area contributed by atoms with Gasteiger partial charge in [0.1, 0.15) is 18.1 Å². The van der Waals surface area contributed by atoms with Crippen LogP contribution in [0.4, 0.5) is 4.39 Å². The van der Waals surface area contributed by atoms with Crippen molar-refractivity contribution in [3.05, 3.63) is 47.1 Å². The Kier molecular flexibility index (Phi) is 3.53. The minimum absolute atomic E-state index is 0.00843. The Labute approximate surface area is 107 Å². The van der Waals surface area contributed by atoms with E-state index in [0.717, 1.165) is 0 Å². The molecular weight excluding hydrogens is 259 g/mol. The van der Waals surface area contributed by atoms with Crippen LogP contribution < -0.4 is 0 Å². The average Bonchev–Trinajstić information content (AvgIpc) is 2.32. The first-order chi connectivity index (χ1) is 8.56. The first kappa shape index (κ1) is 12.4. The smallest absolute Gasteiger partial charge is 0.311 e. The van der Waals surface area contributed by atoms with Crippen molar-refractivity contribution in [3.8, 4) is 11.3 Å². The van der Waals surface area contributed by atoms with Crippen LogP contribution >= 0.6 is 11.6 Å². The minimum Gasteiger partial charge on any atom is -0.481 e. The lowest BCUT2D eigenvalue weighted by molar-refractivity contribution is -0.136. The molecule has 18 heavy (non-hydrogen) atoms. The third-order valence-corrected chi connectivity index (χ3v) is 2.52. The van der Waals surface area contributed by atoms with Gasteiger partial charge in [0, 0.05) is 11.8 Å². The van der Waals surface area contributed by atoms with E-state index in [2.05, 4.69) is 9.97 Å². The third kappa shape index (κ3) is 2.81. The first-order valence-corrected chi connectivity index (χ1v) is 5.43. The highest BCUT2D eigenvalue weighted by atomic mass is 35.5. The monoisotopic (exact) mass is 266 g/mol. The van der Waals surface area contributed by atoms with E-state index in [4.69, 9.17) is 16.7 Å². The van der Waals surface area contributed by atoms with Crippen LogP contribution in [0.25, 0.3) is 11.3 Å². The number of benzene rings is 1. The molecule has 0 spiro atoms. The van der Waals surface area contributed by atoms with Crippen LogP contribution in [0.5, 0.6) is 0 Å². The van der Waals surface area contributed by atoms with Gasteiger partial charge in [-0.1, -0.05) is 11.6 Å². The number of hydrogen-bond acceptors (Lipinski definition) is 3. The summed E-state index contributed by atoms with van der Waals surface area (Å²) in [7, 11) is 0. The molecular formula is C12H8ClFN2O2. The number of nitrogens with zero attached hydrogens (tertiary/aromatic N) is 2. The SMILES string of the molecule is O=C(O)Cc1nccc(-c2ccc(F)c(Cl)c2)n1. The zero-order chi connectivity index (χ0) is 13.1. The van der Waals surface area contributed by atoms with Crippen LogP contribution in [0.1, 0.15) is 5.82 Å². The van der Waals surface area contributed by atoms with Gasteiger partial charge in [-0.25, -0.2) is 14.4 Å². The second-order valence-corrected chi connectivity index (χ2v) is 3.96. The molecule has 0 unspecified atom stereocenters. The van der Waals surface area contributed by atoms with Gasteiger partial charge in [-0.05, 0) is 24.3 Å². The summed E-state index contributed by atoms with van der Waals surface area (Å²) >= 11 is 5.68. The molecule has 0 saturated heterocycles. The summed E-state index contributed by atoms with van der Waals surface area (Å²) in [5, 5.41) is 8.65. The Morgan fingerprint density at radius 2 is 2.17 bits per heavy atom. The molecule has 4 nitrogen and oxygen atoms in total. The van der Waals surface area contributed by atoms with Crippen molar-refractivity contribution >= 4 is 17.6 Å². The molecule has 2 rings (SSSR count). The van der Waals surface area contributed by atoms with Crippen molar-refractivity contribution < 1.29 is 14.3 Å². The van der Waals surface area contributed by atoms with E-state index in [0.29, 0.717) is 11.3 Å². The van der Waals surface area contributed by atoms with Crippen LogP contribution in [-0.2, 0) is 11.2 Å². The van der Waals surface area contributed by atoms with Crippen LogP contribution in [0.3, 0.4) is 0 Å². The van der Waals surface area contributed by atoms with Gasteiger partial charge < -0.3 is 5.11 Å². The summed E-state index contributed by atoms with van der Waals surface area (Å²) in [4.78, 5) is 18.5. The standard InChI is InChI=1S/C12H8ClFN2O2/c13-8-5-7(1-2-9(8)14)10-3-4-15-11(16-10)6-12(17)18/h1-5H,6H2,(H,17,18). The number of carbonyl (C=O) groups is 1. The highest BCUT2D eigenvalue weighted by Crippen LogP contribution is 2.23. The van der Waals surface area contributed by atoms with Gasteiger partial charge >= 0.3 is 5.97 Å². The molecule has 0 saturated carbocycles. The fourth-order valence-electron chi connectivity index (χ4n) is 1.44. The van der Waals surface area contributed by atoms with E-state index < -0.39 is 11.8 Å². The van der Waals surface area contributed by atoms with Crippen molar-refractivity contribution in [2.24, 2.45) is 0 Å². The third-order valence-electron chi connectivity index (χ3n) is 2.23. The fourth-order valence-corrected chi connectivity index (χ4v) is 1.62. The molecule has 0 aliphatic rings. The molecule has 2 aromatic rings. The Balaban J connectivity index is 2.38. The first-order valence-electron chi connectivity index (χ1n) is 5.05. The van der Waals surface area contributed by atoms with Gasteiger partial charge in [-0.15, -0.1) is 0 Å². The van der Waals surface area contributed by atoms with E-state index in [-0.39, 0.29) is 17.3 Å². The van der Waals surface area contributed by atoms with Crippen molar-refractivity contribution in [2.75, 3.05) is 0 Å². The highest BCUT2D eigenvalue weighted by molar-refractivity contribution is 6.31. The molecule has 0 aliphatic carbocycles. The van der Waals surface area contributed by atoms with E-state index in [1.807, 2.05) is 0 Å². The van der Waals surface area contributed by atoms with Crippen LogP contribution in [0.2, 0.25) is 5.02 Å². The zero-order valence-electron chi connectivity index (χ0n) is 9.10. The molecule has 0 amide bonds. The molecule has 0 bridgehead atoms. The Bertz CT molecular complexity index is 604. The Morgan fingerprint density at radius 1 is 1.39 bits per heavy atom. The largest absolute Gasteiger partial charge is 0.481 e. The fraction of sp³-hybridized carbons (Fsp3) is 0.0833. The summed E-state index contributed by atoms with van der Waals surface area (Å²) < 4.78 is 13.0. The Morgan fingerprint density at radius 3 is 2.83 bits per heavy atom. The summed E-state index contributed by atoms with van der Waals surface area (Å²) in [5.41, 5.74) is 1.11. The van der Waals surface area contributed by atoms with Gasteiger partial charge in [0.2, 0.25) is 0 Å². The van der Waals surface area contributed by atoms with E-state index in [9.17, 15) is 9.18 Å². The molecule has 0 radical (unpaired) electrons. The van der Waals surface area contributed by atoms with Gasteiger partial charge in [0.05, 0.1) is 10.7 Å². The molecule has 1 aromatic heterocycles. The second-order valence-electron chi connectivity index (χ2n) is 3.56. The number of carboxylic acids is 1. The maximum Gasteiger partial charge on any atom is 0.311 e. The molecule has 92 valence electrons. The summed E-state index contributed by atoms with van der Waals surface area (Å²) in [6.45, 7) is 0. The average molecular weight is 267 g/mol. The summed E-state index contributed by atoms with van der Waals surface area (Å²) in [6.07, 6.45) is 1.20. The number of halogens is 2. The lowest BCUT2D eigenvalue weighted by Gasteiger charge is -2.03. The van der Waals surface area contributed by atoms with Crippen LogP contribution in [0, 0.1) is 5.82 Å². The van der Waals surface area contributed by atoms with Crippen molar-refractivity contribution in [3.63, 3.8) is 0 Å². The minimum atomic E-state index is -1.01. The van der Waals surface area contributed by atoms with Crippen molar-refractivity contribution in [1.29, 1.82) is 0 Å². The van der Waals surface area contributed by atoms with Gasteiger partial charge in [-0.3, -0.25) is 4.79 Å².